The standard InChI is InChI=1S/C10H17NO2/c1-8(12)5-7-11-6-3-4-10(11)9(2)13/h3-4,6,8-9,12-13H,5,7H2,1-2H3. The molecule has 3 nitrogen and oxygen atoms in total. The lowest BCUT2D eigenvalue weighted by Crippen LogP contribution is -2.09. The summed E-state index contributed by atoms with van der Waals surface area (Å²) in [6.07, 6.45) is 1.91. The molecule has 0 aliphatic carbocycles. The highest BCUT2D eigenvalue weighted by Crippen LogP contribution is 2.13. The summed E-state index contributed by atoms with van der Waals surface area (Å²) >= 11 is 0. The molecule has 0 radical (unpaired) electrons. The average Bonchev–Trinajstić information content (AvgIpc) is 2.47. The molecule has 2 unspecified atom stereocenters. The first kappa shape index (κ1) is 10.3. The second kappa shape index (κ2) is 4.44. The highest BCUT2D eigenvalue weighted by molar-refractivity contribution is 5.09. The number of nitrogens with zero attached hydrogens (tertiary/aromatic N) is 1. The molecule has 0 fully saturated rings. The Morgan fingerprint density at radius 2 is 2.08 bits per heavy atom. The summed E-state index contributed by atoms with van der Waals surface area (Å²) in [5.74, 6) is 0. The lowest BCUT2D eigenvalue weighted by Gasteiger charge is -2.11. The third-order valence-electron chi connectivity index (χ3n) is 2.08. The van der Waals surface area contributed by atoms with Gasteiger partial charge in [0.25, 0.3) is 0 Å². The van der Waals surface area contributed by atoms with Gasteiger partial charge < -0.3 is 14.8 Å². The molecular formula is C10H17NO2. The molecular weight excluding hydrogens is 166 g/mol. The van der Waals surface area contributed by atoms with Crippen LogP contribution in [0.15, 0.2) is 18.3 Å². The summed E-state index contributed by atoms with van der Waals surface area (Å²) in [5, 5.41) is 18.5. The van der Waals surface area contributed by atoms with Crippen LogP contribution in [0.5, 0.6) is 0 Å². The van der Waals surface area contributed by atoms with E-state index >= 15 is 0 Å². The monoisotopic (exact) mass is 183 g/mol. The summed E-state index contributed by atoms with van der Waals surface area (Å²) in [6.45, 7) is 4.27. The summed E-state index contributed by atoms with van der Waals surface area (Å²) in [4.78, 5) is 0. The van der Waals surface area contributed by atoms with Crippen molar-refractivity contribution in [2.24, 2.45) is 0 Å². The molecule has 0 saturated carbocycles. The summed E-state index contributed by atoms with van der Waals surface area (Å²) in [6, 6.07) is 3.80. The van der Waals surface area contributed by atoms with Gasteiger partial charge in [0.05, 0.1) is 12.2 Å². The maximum Gasteiger partial charge on any atom is 0.0911 e. The number of aliphatic hydroxyl groups excluding tert-OH is 2. The first-order valence-corrected chi connectivity index (χ1v) is 4.62. The highest BCUT2D eigenvalue weighted by atomic mass is 16.3. The molecule has 1 aromatic heterocycles. The predicted octanol–water partition coefficient (Wildman–Crippen LogP) is 1.31. The van der Waals surface area contributed by atoms with Crippen LogP contribution in [0, 0.1) is 0 Å². The Balaban J connectivity index is 2.60. The molecule has 0 aromatic carbocycles. The van der Waals surface area contributed by atoms with Crippen LogP contribution in [-0.2, 0) is 6.54 Å². The van der Waals surface area contributed by atoms with Crippen molar-refractivity contribution in [3.63, 3.8) is 0 Å². The zero-order valence-electron chi connectivity index (χ0n) is 8.14. The first-order valence-electron chi connectivity index (χ1n) is 4.62. The second-order valence-corrected chi connectivity index (χ2v) is 3.44. The minimum absolute atomic E-state index is 0.288. The fraction of sp³-hybridized carbons (Fsp3) is 0.600. The lowest BCUT2D eigenvalue weighted by molar-refractivity contribution is 0.168. The minimum atomic E-state index is -0.441. The average molecular weight is 183 g/mol. The van der Waals surface area contributed by atoms with Crippen molar-refractivity contribution in [1.29, 1.82) is 0 Å². The topological polar surface area (TPSA) is 45.4 Å². The number of aromatic nitrogens is 1. The predicted molar refractivity (Wildman–Crippen MR) is 51.4 cm³/mol. The molecule has 3 heteroatoms. The zero-order valence-corrected chi connectivity index (χ0v) is 8.14. The fourth-order valence-corrected chi connectivity index (χ4v) is 1.34. The Bertz CT molecular complexity index is 253. The molecule has 0 aliphatic heterocycles. The van der Waals surface area contributed by atoms with Crippen molar-refractivity contribution in [1.82, 2.24) is 4.57 Å². The third kappa shape index (κ3) is 2.86. The van der Waals surface area contributed by atoms with Gasteiger partial charge in [-0.2, -0.15) is 0 Å². The molecule has 0 aliphatic rings. The van der Waals surface area contributed by atoms with Gasteiger partial charge in [-0.15, -0.1) is 0 Å². The van der Waals surface area contributed by atoms with E-state index in [2.05, 4.69) is 0 Å². The number of aliphatic hydroxyl groups is 2. The van der Waals surface area contributed by atoms with E-state index in [1.165, 1.54) is 0 Å². The van der Waals surface area contributed by atoms with Crippen LogP contribution in [0.2, 0.25) is 0 Å². The molecule has 0 amide bonds. The quantitative estimate of drug-likeness (QED) is 0.739. The second-order valence-electron chi connectivity index (χ2n) is 3.44. The summed E-state index contributed by atoms with van der Waals surface area (Å²) in [7, 11) is 0. The van der Waals surface area contributed by atoms with Crippen molar-refractivity contribution in [3.05, 3.63) is 24.0 Å². The van der Waals surface area contributed by atoms with Gasteiger partial charge in [-0.1, -0.05) is 0 Å². The van der Waals surface area contributed by atoms with Crippen molar-refractivity contribution in [2.45, 2.75) is 39.0 Å². The molecule has 74 valence electrons. The van der Waals surface area contributed by atoms with Gasteiger partial charge in [-0.3, -0.25) is 0 Å². The van der Waals surface area contributed by atoms with E-state index in [1.807, 2.05) is 22.9 Å². The van der Waals surface area contributed by atoms with Crippen molar-refractivity contribution in [3.8, 4) is 0 Å². The molecule has 2 atom stereocenters. The fourth-order valence-electron chi connectivity index (χ4n) is 1.34. The lowest BCUT2D eigenvalue weighted by atomic mass is 10.2. The van der Waals surface area contributed by atoms with E-state index in [0.29, 0.717) is 6.42 Å². The van der Waals surface area contributed by atoms with Gasteiger partial charge in [-0.25, -0.2) is 0 Å². The van der Waals surface area contributed by atoms with Crippen LogP contribution in [0.1, 0.15) is 32.1 Å². The van der Waals surface area contributed by atoms with E-state index in [1.54, 1.807) is 13.8 Å². The number of aryl methyl sites for hydroxylation is 1. The van der Waals surface area contributed by atoms with Crippen molar-refractivity contribution < 1.29 is 10.2 Å². The van der Waals surface area contributed by atoms with Crippen LogP contribution in [0.3, 0.4) is 0 Å². The van der Waals surface area contributed by atoms with E-state index in [-0.39, 0.29) is 6.10 Å². The zero-order chi connectivity index (χ0) is 9.84. The maximum atomic E-state index is 9.38. The highest BCUT2D eigenvalue weighted by Gasteiger charge is 2.06. The first-order chi connectivity index (χ1) is 6.11. The molecule has 0 saturated heterocycles. The van der Waals surface area contributed by atoms with Crippen molar-refractivity contribution >= 4 is 0 Å². The maximum absolute atomic E-state index is 9.38. The smallest absolute Gasteiger partial charge is 0.0911 e. The summed E-state index contributed by atoms with van der Waals surface area (Å²) < 4.78 is 1.97. The Labute approximate surface area is 78.6 Å². The third-order valence-corrected chi connectivity index (χ3v) is 2.08. The molecule has 1 rings (SSSR count). The van der Waals surface area contributed by atoms with Gasteiger partial charge in [0.2, 0.25) is 0 Å². The molecule has 0 bridgehead atoms. The Morgan fingerprint density at radius 1 is 1.38 bits per heavy atom. The van der Waals surface area contributed by atoms with Crippen LogP contribution in [0.25, 0.3) is 0 Å². The van der Waals surface area contributed by atoms with Crippen LogP contribution in [-0.4, -0.2) is 20.9 Å². The Kier molecular flexibility index (Phi) is 3.51. The number of rotatable bonds is 4. The van der Waals surface area contributed by atoms with Crippen molar-refractivity contribution in [2.75, 3.05) is 0 Å². The van der Waals surface area contributed by atoms with Gasteiger partial charge >= 0.3 is 0 Å². The van der Waals surface area contributed by atoms with E-state index in [0.717, 1.165) is 12.2 Å². The Morgan fingerprint density at radius 3 is 2.62 bits per heavy atom. The van der Waals surface area contributed by atoms with Crippen LogP contribution < -0.4 is 0 Å². The summed E-state index contributed by atoms with van der Waals surface area (Å²) in [5.41, 5.74) is 0.903. The normalized spacial score (nSPS) is 15.7. The van der Waals surface area contributed by atoms with E-state index in [4.69, 9.17) is 5.11 Å². The van der Waals surface area contributed by atoms with Crippen LogP contribution in [0.4, 0.5) is 0 Å². The minimum Gasteiger partial charge on any atom is -0.393 e. The molecule has 13 heavy (non-hydrogen) atoms. The Hall–Kier alpha value is -0.800. The molecule has 1 aromatic rings. The molecule has 0 spiro atoms. The van der Waals surface area contributed by atoms with Gasteiger partial charge in [-0.05, 0) is 32.4 Å². The van der Waals surface area contributed by atoms with Gasteiger partial charge in [0, 0.05) is 18.4 Å². The SMILES string of the molecule is CC(O)CCn1cccc1C(C)O. The number of hydrogen-bond donors (Lipinski definition) is 2. The largest absolute Gasteiger partial charge is 0.393 e. The van der Waals surface area contributed by atoms with E-state index < -0.39 is 6.10 Å². The number of hydrogen-bond acceptors (Lipinski definition) is 2. The van der Waals surface area contributed by atoms with Crippen LogP contribution >= 0.6 is 0 Å². The molecule has 1 heterocycles. The molecule has 2 N–H and O–H groups in total. The van der Waals surface area contributed by atoms with Gasteiger partial charge in [0.1, 0.15) is 0 Å². The van der Waals surface area contributed by atoms with Gasteiger partial charge in [0.15, 0.2) is 0 Å². The van der Waals surface area contributed by atoms with E-state index in [9.17, 15) is 5.11 Å².